The summed E-state index contributed by atoms with van der Waals surface area (Å²) in [7, 11) is 0. The van der Waals surface area contributed by atoms with Crippen molar-refractivity contribution in [3.63, 3.8) is 0 Å². The van der Waals surface area contributed by atoms with Gasteiger partial charge in [-0.25, -0.2) is 4.79 Å². The van der Waals surface area contributed by atoms with Crippen LogP contribution in [0.1, 0.15) is 26.7 Å². The van der Waals surface area contributed by atoms with E-state index >= 15 is 0 Å². The molecule has 4 rings (SSSR count). The lowest BCUT2D eigenvalue weighted by atomic mass is 9.60. The van der Waals surface area contributed by atoms with Gasteiger partial charge in [0.25, 0.3) is 0 Å². The number of carbonyl (C=O) groups is 2. The normalized spacial score (nSPS) is 34.7. The Labute approximate surface area is 137 Å². The van der Waals surface area contributed by atoms with Crippen molar-refractivity contribution in [1.29, 1.82) is 0 Å². The molecule has 0 bridgehead atoms. The van der Waals surface area contributed by atoms with Crippen LogP contribution in [0.15, 0.2) is 0 Å². The second-order valence-electron chi connectivity index (χ2n) is 8.02. The van der Waals surface area contributed by atoms with Crippen molar-refractivity contribution in [1.82, 2.24) is 14.7 Å². The van der Waals surface area contributed by atoms with Gasteiger partial charge >= 0.3 is 6.09 Å². The highest BCUT2D eigenvalue weighted by molar-refractivity contribution is 5.82. The molecular formula is C17H27N3O3. The average molecular weight is 321 g/mol. The van der Waals surface area contributed by atoms with Gasteiger partial charge in [0.2, 0.25) is 5.91 Å². The summed E-state index contributed by atoms with van der Waals surface area (Å²) in [5, 5.41) is 8.95. The van der Waals surface area contributed by atoms with Crippen molar-refractivity contribution in [2.24, 2.45) is 23.2 Å². The highest BCUT2D eigenvalue weighted by Gasteiger charge is 2.63. The third-order valence-corrected chi connectivity index (χ3v) is 6.76. The third-order valence-electron chi connectivity index (χ3n) is 6.76. The molecule has 6 heteroatoms. The van der Waals surface area contributed by atoms with E-state index in [9.17, 15) is 9.59 Å². The van der Waals surface area contributed by atoms with Gasteiger partial charge in [-0.1, -0.05) is 0 Å². The van der Waals surface area contributed by atoms with Gasteiger partial charge in [-0.3, -0.25) is 9.69 Å². The Morgan fingerprint density at radius 3 is 2.17 bits per heavy atom. The molecule has 1 spiro atoms. The number of nitrogens with zero attached hydrogens (tertiary/aromatic N) is 3. The minimum Gasteiger partial charge on any atom is -0.465 e. The molecule has 1 unspecified atom stereocenters. The maximum Gasteiger partial charge on any atom is 0.407 e. The first-order valence-electron chi connectivity index (χ1n) is 8.98. The number of carboxylic acid groups (broad SMARTS) is 1. The van der Waals surface area contributed by atoms with Crippen LogP contribution in [0.4, 0.5) is 4.79 Å². The number of rotatable bonds is 4. The van der Waals surface area contributed by atoms with Gasteiger partial charge in [0.1, 0.15) is 0 Å². The van der Waals surface area contributed by atoms with E-state index in [4.69, 9.17) is 5.11 Å². The van der Waals surface area contributed by atoms with E-state index in [1.54, 1.807) is 0 Å². The Balaban J connectivity index is 1.23. The summed E-state index contributed by atoms with van der Waals surface area (Å²) < 4.78 is 0. The fraction of sp³-hybridized carbons (Fsp3) is 0.882. The third kappa shape index (κ3) is 2.25. The van der Waals surface area contributed by atoms with Crippen LogP contribution in [0.2, 0.25) is 0 Å². The predicted molar refractivity (Wildman–Crippen MR) is 85.0 cm³/mol. The summed E-state index contributed by atoms with van der Waals surface area (Å²) >= 11 is 0. The maximum absolute atomic E-state index is 12.4. The van der Waals surface area contributed by atoms with E-state index in [1.807, 2.05) is 4.90 Å². The number of carbonyl (C=O) groups excluding carboxylic acids is 1. The van der Waals surface area contributed by atoms with Gasteiger partial charge in [0, 0.05) is 56.6 Å². The molecule has 4 aliphatic rings. The van der Waals surface area contributed by atoms with Crippen molar-refractivity contribution in [3.8, 4) is 0 Å². The maximum atomic E-state index is 12.4. The van der Waals surface area contributed by atoms with Gasteiger partial charge < -0.3 is 14.9 Å². The fourth-order valence-corrected chi connectivity index (χ4v) is 5.32. The molecule has 2 saturated heterocycles. The lowest BCUT2D eigenvalue weighted by Gasteiger charge is -2.60. The summed E-state index contributed by atoms with van der Waals surface area (Å²) in [5.74, 6) is 1.81. The van der Waals surface area contributed by atoms with Gasteiger partial charge in [-0.2, -0.15) is 0 Å². The van der Waals surface area contributed by atoms with Gasteiger partial charge in [-0.05, 0) is 38.5 Å². The van der Waals surface area contributed by atoms with Gasteiger partial charge in [0.05, 0.1) is 0 Å². The van der Waals surface area contributed by atoms with Crippen molar-refractivity contribution in [2.45, 2.75) is 32.7 Å². The Kier molecular flexibility index (Phi) is 3.38. The Hall–Kier alpha value is -1.30. The molecule has 3 atom stereocenters. The van der Waals surface area contributed by atoms with E-state index in [0.717, 1.165) is 52.1 Å². The van der Waals surface area contributed by atoms with Crippen LogP contribution in [0.5, 0.6) is 0 Å². The molecule has 2 aliphatic carbocycles. The first-order valence-corrected chi connectivity index (χ1v) is 8.98. The zero-order chi connectivity index (χ0) is 16.4. The Morgan fingerprint density at radius 1 is 1.13 bits per heavy atom. The van der Waals surface area contributed by atoms with Crippen LogP contribution in [0, 0.1) is 23.2 Å². The topological polar surface area (TPSA) is 64.1 Å². The first-order chi connectivity index (χ1) is 11.0. The average Bonchev–Trinajstić information content (AvgIpc) is 2.92. The largest absolute Gasteiger partial charge is 0.465 e. The van der Waals surface area contributed by atoms with E-state index in [-0.39, 0.29) is 11.3 Å². The molecular weight excluding hydrogens is 294 g/mol. The molecule has 0 radical (unpaired) electrons. The van der Waals surface area contributed by atoms with Crippen LogP contribution in [0.25, 0.3) is 0 Å². The van der Waals surface area contributed by atoms with Gasteiger partial charge in [-0.15, -0.1) is 0 Å². The van der Waals surface area contributed by atoms with E-state index < -0.39 is 6.09 Å². The molecule has 0 aromatic carbocycles. The van der Waals surface area contributed by atoms with Crippen LogP contribution >= 0.6 is 0 Å². The quantitative estimate of drug-likeness (QED) is 0.844. The molecule has 2 heterocycles. The molecule has 1 N–H and O–H groups in total. The molecule has 128 valence electrons. The van der Waals surface area contributed by atoms with E-state index in [0.29, 0.717) is 23.8 Å². The number of hydrogen-bond acceptors (Lipinski definition) is 3. The van der Waals surface area contributed by atoms with Crippen molar-refractivity contribution in [2.75, 3.05) is 39.3 Å². The predicted octanol–water partition coefficient (Wildman–Crippen LogP) is 1.17. The highest BCUT2D eigenvalue weighted by Crippen LogP contribution is 2.57. The Morgan fingerprint density at radius 2 is 1.70 bits per heavy atom. The van der Waals surface area contributed by atoms with Crippen LogP contribution in [0.3, 0.4) is 0 Å². The lowest BCUT2D eigenvalue weighted by Crippen LogP contribution is -2.67. The second kappa shape index (κ2) is 5.10. The van der Waals surface area contributed by atoms with Crippen molar-refractivity contribution >= 4 is 12.0 Å². The first kappa shape index (κ1) is 15.2. The standard InChI is InChI=1S/C17H27N3O3/c1-3-18(4-2)15(21)14-12-7-19(8-13(12)14)11-5-17(6-11)9-20(10-17)16(22)23/h11-14H,3-10H2,1-2H3,(H,22,23)/t12-,13+,14?. The second-order valence-corrected chi connectivity index (χ2v) is 8.02. The molecule has 0 aromatic rings. The fourth-order valence-electron chi connectivity index (χ4n) is 5.32. The van der Waals surface area contributed by atoms with E-state index in [1.165, 1.54) is 4.90 Å². The molecule has 2 saturated carbocycles. The van der Waals surface area contributed by atoms with E-state index in [2.05, 4.69) is 18.7 Å². The zero-order valence-electron chi connectivity index (χ0n) is 14.1. The van der Waals surface area contributed by atoms with Crippen LogP contribution in [-0.2, 0) is 4.79 Å². The summed E-state index contributed by atoms with van der Waals surface area (Å²) in [6.45, 7) is 9.35. The SMILES string of the molecule is CCN(CC)C(=O)C1[C@H]2CN(C3CC4(C3)CN(C(=O)O)C4)C[C@@H]12. The monoisotopic (exact) mass is 321 g/mol. The molecule has 2 aliphatic heterocycles. The Bertz CT molecular complexity index is 507. The smallest absolute Gasteiger partial charge is 0.407 e. The minimum absolute atomic E-state index is 0.284. The van der Waals surface area contributed by atoms with Crippen LogP contribution in [-0.4, -0.2) is 77.1 Å². The molecule has 2 amide bonds. The number of hydrogen-bond donors (Lipinski definition) is 1. The zero-order valence-corrected chi connectivity index (χ0v) is 14.1. The number of likely N-dealkylation sites (tertiary alicyclic amines) is 2. The summed E-state index contributed by atoms with van der Waals surface area (Å²) in [4.78, 5) is 29.4. The number of piperidine rings is 1. The van der Waals surface area contributed by atoms with Crippen LogP contribution < -0.4 is 0 Å². The molecule has 23 heavy (non-hydrogen) atoms. The summed E-state index contributed by atoms with van der Waals surface area (Å²) in [6, 6.07) is 0.628. The van der Waals surface area contributed by atoms with Crippen molar-refractivity contribution < 1.29 is 14.7 Å². The number of fused-ring (bicyclic) bond motifs is 1. The summed E-state index contributed by atoms with van der Waals surface area (Å²) in [5.41, 5.74) is 0.284. The molecule has 0 aromatic heterocycles. The minimum atomic E-state index is -0.778. The molecule has 4 fully saturated rings. The van der Waals surface area contributed by atoms with Gasteiger partial charge in [0.15, 0.2) is 0 Å². The highest BCUT2D eigenvalue weighted by atomic mass is 16.4. The molecule has 6 nitrogen and oxygen atoms in total. The number of amides is 2. The summed E-state index contributed by atoms with van der Waals surface area (Å²) in [6.07, 6.45) is 1.51. The lowest BCUT2D eigenvalue weighted by molar-refractivity contribution is -0.133. The van der Waals surface area contributed by atoms with Crippen molar-refractivity contribution in [3.05, 3.63) is 0 Å².